The van der Waals surface area contributed by atoms with Crippen molar-refractivity contribution in [1.29, 1.82) is 0 Å². The van der Waals surface area contributed by atoms with Gasteiger partial charge in [0.05, 0.1) is 6.10 Å². The van der Waals surface area contributed by atoms with E-state index < -0.39 is 47.9 Å². The quantitative estimate of drug-likeness (QED) is 0.836. The van der Waals surface area contributed by atoms with Crippen LogP contribution in [0.5, 0.6) is 0 Å². The van der Waals surface area contributed by atoms with Crippen LogP contribution in [0.1, 0.15) is 30.3 Å². The summed E-state index contributed by atoms with van der Waals surface area (Å²) in [6.45, 7) is 1.41. The van der Waals surface area contributed by atoms with E-state index in [1.807, 2.05) is 0 Å². The summed E-state index contributed by atoms with van der Waals surface area (Å²) in [6, 6.07) is -0.759. The van der Waals surface area contributed by atoms with Crippen molar-refractivity contribution in [2.24, 2.45) is 12.8 Å². The topological polar surface area (TPSA) is 64.1 Å². The molecule has 21 heavy (non-hydrogen) atoms. The maximum atomic E-state index is 12.9. The molecule has 0 aliphatic heterocycles. The van der Waals surface area contributed by atoms with Crippen LogP contribution in [-0.4, -0.2) is 27.0 Å². The number of aliphatic hydroxyl groups is 1. The fourth-order valence-electron chi connectivity index (χ4n) is 1.94. The molecule has 122 valence electrons. The number of aryl methyl sites for hydroxylation is 1. The Kier molecular flexibility index (Phi) is 4.94. The minimum atomic E-state index is -5.00. The van der Waals surface area contributed by atoms with E-state index in [4.69, 9.17) is 5.73 Å². The molecule has 2 atom stereocenters. The highest BCUT2D eigenvalue weighted by molar-refractivity contribution is 5.31. The molecule has 10 heteroatoms. The summed E-state index contributed by atoms with van der Waals surface area (Å²) in [4.78, 5) is 0. The van der Waals surface area contributed by atoms with Crippen LogP contribution in [0, 0.1) is 0 Å². The van der Waals surface area contributed by atoms with Gasteiger partial charge in [0.15, 0.2) is 5.69 Å². The van der Waals surface area contributed by atoms with Gasteiger partial charge in [-0.1, -0.05) is 0 Å². The van der Waals surface area contributed by atoms with E-state index in [0.29, 0.717) is 0 Å². The van der Waals surface area contributed by atoms with Crippen LogP contribution < -0.4 is 5.73 Å². The first kappa shape index (κ1) is 17.8. The van der Waals surface area contributed by atoms with Gasteiger partial charge in [-0.15, -0.1) is 0 Å². The minimum Gasteiger partial charge on any atom is -0.392 e. The predicted molar refractivity (Wildman–Crippen MR) is 61.2 cm³/mol. The summed E-state index contributed by atoms with van der Waals surface area (Å²) in [7, 11) is 0.795. The lowest BCUT2D eigenvalue weighted by Crippen LogP contribution is -2.32. The molecule has 0 aromatic carbocycles. The second-order valence-corrected chi connectivity index (χ2v) is 4.76. The zero-order valence-electron chi connectivity index (χ0n) is 11.3. The van der Waals surface area contributed by atoms with Gasteiger partial charge >= 0.3 is 12.4 Å². The Balaban J connectivity index is 3.25. The predicted octanol–water partition coefficient (Wildman–Crippen LogP) is 2.10. The summed E-state index contributed by atoms with van der Waals surface area (Å²) in [5.74, 6) is 0. The molecule has 0 spiro atoms. The summed E-state index contributed by atoms with van der Waals surface area (Å²) < 4.78 is 77.1. The maximum absolute atomic E-state index is 12.9. The Morgan fingerprint density at radius 3 is 2.10 bits per heavy atom. The van der Waals surface area contributed by atoms with Gasteiger partial charge in [-0.05, 0) is 19.8 Å². The molecule has 0 aliphatic rings. The maximum Gasteiger partial charge on any atom is 0.435 e. The number of nitrogens with two attached hydrogens (primary N) is 1. The van der Waals surface area contributed by atoms with E-state index >= 15 is 0 Å². The summed E-state index contributed by atoms with van der Waals surface area (Å²) in [5, 5.41) is 12.4. The first-order valence-corrected chi connectivity index (χ1v) is 5.99. The molecule has 0 saturated carbocycles. The van der Waals surface area contributed by atoms with Gasteiger partial charge in [0.1, 0.15) is 5.69 Å². The van der Waals surface area contributed by atoms with Gasteiger partial charge in [0.25, 0.3) is 0 Å². The molecule has 1 aromatic rings. The van der Waals surface area contributed by atoms with Gasteiger partial charge in [-0.25, -0.2) is 0 Å². The summed E-state index contributed by atoms with van der Waals surface area (Å²) in [6.07, 6.45) is -12.1. The van der Waals surface area contributed by atoms with Crippen LogP contribution in [0.25, 0.3) is 0 Å². The molecule has 0 amide bonds. The van der Waals surface area contributed by atoms with Crippen molar-refractivity contribution in [3.05, 3.63) is 17.0 Å². The number of aromatic nitrogens is 2. The number of hydrogen-bond donors (Lipinski definition) is 2. The zero-order valence-corrected chi connectivity index (χ0v) is 11.3. The van der Waals surface area contributed by atoms with E-state index in [1.54, 1.807) is 0 Å². The van der Waals surface area contributed by atoms with E-state index in [2.05, 4.69) is 5.10 Å². The van der Waals surface area contributed by atoms with Crippen molar-refractivity contribution < 1.29 is 31.4 Å². The Hall–Kier alpha value is -1.29. The molecular formula is C11H15F6N3O. The number of halogens is 6. The lowest BCUT2D eigenvalue weighted by atomic mass is 10.0. The molecule has 3 N–H and O–H groups in total. The van der Waals surface area contributed by atoms with Crippen molar-refractivity contribution in [3.63, 3.8) is 0 Å². The lowest BCUT2D eigenvalue weighted by Gasteiger charge is -2.16. The van der Waals surface area contributed by atoms with Crippen molar-refractivity contribution in [3.8, 4) is 0 Å². The third kappa shape index (κ3) is 4.10. The molecule has 1 heterocycles. The van der Waals surface area contributed by atoms with Crippen molar-refractivity contribution in [2.75, 3.05) is 0 Å². The number of alkyl halides is 6. The Bertz CT molecular complexity index is 491. The number of aliphatic hydroxyl groups excluding tert-OH is 1. The van der Waals surface area contributed by atoms with Gasteiger partial charge < -0.3 is 10.8 Å². The molecule has 0 saturated heterocycles. The highest BCUT2D eigenvalue weighted by Gasteiger charge is 2.45. The molecule has 2 unspecified atom stereocenters. The van der Waals surface area contributed by atoms with E-state index in [0.717, 1.165) is 7.05 Å². The summed E-state index contributed by atoms with van der Waals surface area (Å²) in [5.41, 5.74) is 1.31. The monoisotopic (exact) mass is 319 g/mol. The second-order valence-electron chi connectivity index (χ2n) is 4.76. The number of rotatable bonds is 4. The van der Waals surface area contributed by atoms with Crippen molar-refractivity contribution in [1.82, 2.24) is 9.78 Å². The third-order valence-corrected chi connectivity index (χ3v) is 2.98. The van der Waals surface area contributed by atoms with Gasteiger partial charge in [-0.2, -0.15) is 31.4 Å². The van der Waals surface area contributed by atoms with Gasteiger partial charge in [0, 0.05) is 18.7 Å². The molecule has 1 rings (SSSR count). The average Bonchev–Trinajstić information content (AvgIpc) is 2.62. The van der Waals surface area contributed by atoms with Crippen molar-refractivity contribution >= 4 is 0 Å². The molecule has 1 aromatic heterocycles. The Morgan fingerprint density at radius 2 is 1.71 bits per heavy atom. The van der Waals surface area contributed by atoms with E-state index in [9.17, 15) is 31.4 Å². The molecule has 0 fully saturated rings. The first-order valence-electron chi connectivity index (χ1n) is 5.99. The van der Waals surface area contributed by atoms with Gasteiger partial charge in [0.2, 0.25) is 0 Å². The van der Waals surface area contributed by atoms with Crippen molar-refractivity contribution in [2.45, 2.75) is 44.3 Å². The molecular weight excluding hydrogens is 304 g/mol. The zero-order chi connectivity index (χ0) is 16.6. The van der Waals surface area contributed by atoms with Crippen LogP contribution in [-0.2, 0) is 25.8 Å². The minimum absolute atomic E-state index is 0.163. The summed E-state index contributed by atoms with van der Waals surface area (Å²) >= 11 is 0. The SMILES string of the molecule is CC(N)C(O)CCc1c(C(F)(F)F)nn(C)c1C(F)(F)F. The fourth-order valence-corrected chi connectivity index (χ4v) is 1.94. The number of nitrogens with zero attached hydrogens (tertiary/aromatic N) is 2. The van der Waals surface area contributed by atoms with Crippen LogP contribution in [0.2, 0.25) is 0 Å². The standard InChI is InChI=1S/C11H15F6N3O/c1-5(18)7(21)4-3-6-8(10(12,13)14)19-20(2)9(6)11(15,16)17/h5,7,21H,3-4,18H2,1-2H3. The Morgan fingerprint density at radius 1 is 1.19 bits per heavy atom. The first-order chi connectivity index (χ1) is 9.35. The largest absolute Gasteiger partial charge is 0.435 e. The smallest absolute Gasteiger partial charge is 0.392 e. The van der Waals surface area contributed by atoms with Crippen LogP contribution >= 0.6 is 0 Å². The molecule has 4 nitrogen and oxygen atoms in total. The Labute approximate surface area is 116 Å². The highest BCUT2D eigenvalue weighted by Crippen LogP contribution is 2.39. The lowest BCUT2D eigenvalue weighted by molar-refractivity contribution is -0.145. The molecule has 0 aliphatic carbocycles. The van der Waals surface area contributed by atoms with Crippen LogP contribution in [0.4, 0.5) is 26.3 Å². The van der Waals surface area contributed by atoms with Gasteiger partial charge in [-0.3, -0.25) is 4.68 Å². The average molecular weight is 319 g/mol. The third-order valence-electron chi connectivity index (χ3n) is 2.98. The molecule has 0 bridgehead atoms. The van der Waals surface area contributed by atoms with E-state index in [-0.39, 0.29) is 11.1 Å². The van der Waals surface area contributed by atoms with Crippen LogP contribution in [0.15, 0.2) is 0 Å². The molecule has 0 radical (unpaired) electrons. The van der Waals surface area contributed by atoms with Crippen LogP contribution in [0.3, 0.4) is 0 Å². The normalized spacial score (nSPS) is 16.1. The second kappa shape index (κ2) is 5.84. The fraction of sp³-hybridized carbons (Fsp3) is 0.727. The number of hydrogen-bond acceptors (Lipinski definition) is 3. The highest BCUT2D eigenvalue weighted by atomic mass is 19.4. The van der Waals surface area contributed by atoms with E-state index in [1.165, 1.54) is 6.92 Å².